The van der Waals surface area contributed by atoms with E-state index in [0.717, 1.165) is 13.1 Å². The van der Waals surface area contributed by atoms with Crippen molar-refractivity contribution in [3.63, 3.8) is 0 Å². The molecular formula is C9H19NO. The summed E-state index contributed by atoms with van der Waals surface area (Å²) in [6.45, 7) is 6.34. The second-order valence-electron chi connectivity index (χ2n) is 3.79. The minimum absolute atomic E-state index is 0.134. The van der Waals surface area contributed by atoms with Gasteiger partial charge in [-0.25, -0.2) is 0 Å². The Kier molecular flexibility index (Phi) is 2.90. The highest BCUT2D eigenvalue weighted by Crippen LogP contribution is 2.27. The van der Waals surface area contributed by atoms with Crippen LogP contribution in [0.3, 0.4) is 0 Å². The number of hydrogen-bond acceptors (Lipinski definition) is 2. The Morgan fingerprint density at radius 3 is 2.55 bits per heavy atom. The summed E-state index contributed by atoms with van der Waals surface area (Å²) < 4.78 is 0. The van der Waals surface area contributed by atoms with E-state index in [4.69, 9.17) is 0 Å². The summed E-state index contributed by atoms with van der Waals surface area (Å²) in [6, 6.07) is 0. The van der Waals surface area contributed by atoms with Gasteiger partial charge in [-0.3, -0.25) is 0 Å². The van der Waals surface area contributed by atoms with Crippen LogP contribution in [0.1, 0.15) is 20.3 Å². The Bertz CT molecular complexity index is 125. The number of rotatable bonds is 2. The van der Waals surface area contributed by atoms with Crippen molar-refractivity contribution >= 4 is 0 Å². The second-order valence-corrected chi connectivity index (χ2v) is 3.79. The largest absolute Gasteiger partial charge is 0.393 e. The van der Waals surface area contributed by atoms with E-state index < -0.39 is 0 Å². The molecule has 0 aliphatic carbocycles. The summed E-state index contributed by atoms with van der Waals surface area (Å²) in [5.41, 5.74) is 0. The summed E-state index contributed by atoms with van der Waals surface area (Å²) in [6.07, 6.45) is 1.06. The fourth-order valence-corrected chi connectivity index (χ4v) is 2.10. The van der Waals surface area contributed by atoms with E-state index in [9.17, 15) is 5.11 Å². The first kappa shape index (κ1) is 9.01. The molecule has 0 amide bonds. The van der Waals surface area contributed by atoms with E-state index in [1.165, 1.54) is 6.42 Å². The van der Waals surface area contributed by atoms with Crippen LogP contribution in [-0.2, 0) is 0 Å². The standard InChI is InChI=1S/C9H19NO/c1-4-8-5-10(3)6-9(8)7(2)11/h7-9,11H,4-6H2,1-3H3/t7?,8-,9-/m1/s1. The van der Waals surface area contributed by atoms with Crippen molar-refractivity contribution in [3.05, 3.63) is 0 Å². The molecule has 1 aliphatic rings. The Morgan fingerprint density at radius 2 is 2.18 bits per heavy atom. The van der Waals surface area contributed by atoms with Gasteiger partial charge in [-0.15, -0.1) is 0 Å². The number of hydrogen-bond donors (Lipinski definition) is 1. The molecule has 1 rings (SSSR count). The van der Waals surface area contributed by atoms with Gasteiger partial charge in [0.25, 0.3) is 0 Å². The SMILES string of the molecule is CC[C@@H]1CN(C)C[C@@H]1C(C)O. The van der Waals surface area contributed by atoms with Crippen LogP contribution in [0.25, 0.3) is 0 Å². The van der Waals surface area contributed by atoms with Crippen molar-refractivity contribution in [1.82, 2.24) is 4.90 Å². The first-order valence-corrected chi connectivity index (χ1v) is 4.51. The summed E-state index contributed by atoms with van der Waals surface area (Å²) in [5, 5.41) is 9.44. The van der Waals surface area contributed by atoms with E-state index in [2.05, 4.69) is 18.9 Å². The van der Waals surface area contributed by atoms with E-state index in [0.29, 0.717) is 11.8 Å². The highest BCUT2D eigenvalue weighted by atomic mass is 16.3. The van der Waals surface area contributed by atoms with Gasteiger partial charge < -0.3 is 10.0 Å². The number of aliphatic hydroxyl groups excluding tert-OH is 1. The van der Waals surface area contributed by atoms with Crippen molar-refractivity contribution < 1.29 is 5.11 Å². The number of nitrogens with zero attached hydrogens (tertiary/aromatic N) is 1. The molecule has 2 heteroatoms. The van der Waals surface area contributed by atoms with Crippen molar-refractivity contribution in [2.45, 2.75) is 26.4 Å². The zero-order chi connectivity index (χ0) is 8.43. The number of likely N-dealkylation sites (tertiary alicyclic amines) is 1. The molecule has 1 heterocycles. The molecule has 1 fully saturated rings. The Morgan fingerprint density at radius 1 is 1.55 bits per heavy atom. The molecule has 1 unspecified atom stereocenters. The molecule has 0 spiro atoms. The van der Waals surface area contributed by atoms with Crippen LogP contribution in [0, 0.1) is 11.8 Å². The van der Waals surface area contributed by atoms with E-state index >= 15 is 0 Å². The van der Waals surface area contributed by atoms with Crippen LogP contribution in [0.2, 0.25) is 0 Å². The Labute approximate surface area is 69.2 Å². The van der Waals surface area contributed by atoms with Gasteiger partial charge >= 0.3 is 0 Å². The maximum atomic E-state index is 9.44. The molecule has 0 bridgehead atoms. The average molecular weight is 157 g/mol. The monoisotopic (exact) mass is 157 g/mol. The number of aliphatic hydroxyl groups is 1. The van der Waals surface area contributed by atoms with Crippen molar-refractivity contribution in [1.29, 1.82) is 0 Å². The van der Waals surface area contributed by atoms with Gasteiger partial charge in [-0.1, -0.05) is 13.3 Å². The molecule has 0 radical (unpaired) electrons. The lowest BCUT2D eigenvalue weighted by atomic mass is 9.90. The van der Waals surface area contributed by atoms with Gasteiger partial charge in [-0.2, -0.15) is 0 Å². The van der Waals surface area contributed by atoms with Crippen LogP contribution >= 0.6 is 0 Å². The smallest absolute Gasteiger partial charge is 0.0555 e. The van der Waals surface area contributed by atoms with E-state index in [1.54, 1.807) is 0 Å². The van der Waals surface area contributed by atoms with Crippen molar-refractivity contribution in [2.24, 2.45) is 11.8 Å². The Hall–Kier alpha value is -0.0800. The predicted molar refractivity (Wildman–Crippen MR) is 46.4 cm³/mol. The minimum Gasteiger partial charge on any atom is -0.393 e. The topological polar surface area (TPSA) is 23.5 Å². The zero-order valence-corrected chi connectivity index (χ0v) is 7.75. The first-order valence-electron chi connectivity index (χ1n) is 4.51. The fraction of sp³-hybridized carbons (Fsp3) is 1.00. The lowest BCUT2D eigenvalue weighted by Gasteiger charge is -2.19. The van der Waals surface area contributed by atoms with E-state index in [-0.39, 0.29) is 6.10 Å². The molecule has 11 heavy (non-hydrogen) atoms. The molecule has 0 aromatic carbocycles. The molecule has 1 aliphatic heterocycles. The Balaban J connectivity index is 2.50. The van der Waals surface area contributed by atoms with Gasteiger partial charge in [-0.05, 0) is 19.9 Å². The van der Waals surface area contributed by atoms with Crippen LogP contribution < -0.4 is 0 Å². The predicted octanol–water partition coefficient (Wildman–Crippen LogP) is 0.955. The molecule has 0 aromatic rings. The summed E-state index contributed by atoms with van der Waals surface area (Å²) in [4.78, 5) is 2.31. The summed E-state index contributed by atoms with van der Waals surface area (Å²) >= 11 is 0. The van der Waals surface area contributed by atoms with Crippen molar-refractivity contribution in [3.8, 4) is 0 Å². The van der Waals surface area contributed by atoms with Crippen LogP contribution in [0.5, 0.6) is 0 Å². The third-order valence-electron chi connectivity index (χ3n) is 2.82. The van der Waals surface area contributed by atoms with Crippen molar-refractivity contribution in [2.75, 3.05) is 20.1 Å². The maximum Gasteiger partial charge on any atom is 0.0555 e. The van der Waals surface area contributed by atoms with Crippen LogP contribution in [0.15, 0.2) is 0 Å². The normalized spacial score (nSPS) is 36.0. The highest BCUT2D eigenvalue weighted by Gasteiger charge is 2.32. The molecule has 1 saturated heterocycles. The average Bonchev–Trinajstić information content (AvgIpc) is 2.30. The molecule has 0 aromatic heterocycles. The van der Waals surface area contributed by atoms with E-state index in [1.807, 2.05) is 6.92 Å². The maximum absolute atomic E-state index is 9.44. The molecule has 3 atom stereocenters. The van der Waals surface area contributed by atoms with Gasteiger partial charge in [0.05, 0.1) is 6.10 Å². The molecule has 2 nitrogen and oxygen atoms in total. The third-order valence-corrected chi connectivity index (χ3v) is 2.82. The minimum atomic E-state index is -0.134. The second kappa shape index (κ2) is 3.55. The highest BCUT2D eigenvalue weighted by molar-refractivity contribution is 4.84. The summed E-state index contributed by atoms with van der Waals surface area (Å²) in [5.74, 6) is 1.21. The van der Waals surface area contributed by atoms with Crippen LogP contribution in [-0.4, -0.2) is 36.2 Å². The van der Waals surface area contributed by atoms with Gasteiger partial charge in [0.1, 0.15) is 0 Å². The lowest BCUT2D eigenvalue weighted by Crippen LogP contribution is -2.24. The van der Waals surface area contributed by atoms with Crippen LogP contribution in [0.4, 0.5) is 0 Å². The zero-order valence-electron chi connectivity index (χ0n) is 7.75. The van der Waals surface area contributed by atoms with Gasteiger partial charge in [0.2, 0.25) is 0 Å². The lowest BCUT2D eigenvalue weighted by molar-refractivity contribution is 0.107. The molecule has 66 valence electrons. The van der Waals surface area contributed by atoms with Gasteiger partial charge in [0, 0.05) is 19.0 Å². The fourth-order valence-electron chi connectivity index (χ4n) is 2.10. The molecular weight excluding hydrogens is 138 g/mol. The molecule has 1 N–H and O–H groups in total. The quantitative estimate of drug-likeness (QED) is 0.645. The third kappa shape index (κ3) is 1.94. The van der Waals surface area contributed by atoms with Gasteiger partial charge in [0.15, 0.2) is 0 Å². The molecule has 0 saturated carbocycles. The first-order chi connectivity index (χ1) is 5.15. The summed E-state index contributed by atoms with van der Waals surface area (Å²) in [7, 11) is 2.13.